The van der Waals surface area contributed by atoms with E-state index in [0.717, 1.165) is 11.4 Å². The lowest BCUT2D eigenvalue weighted by Gasteiger charge is -2.25. The lowest BCUT2D eigenvalue weighted by Crippen LogP contribution is -2.26. The standard InChI is InChI=1S/C9H11NO2/c1-7-3-4-8-9(5-7)12-11-6-10(8)2/h3-5H,6H2,1-2H3. The average molecular weight is 165 g/mol. The van der Waals surface area contributed by atoms with Crippen LogP contribution in [-0.2, 0) is 4.89 Å². The van der Waals surface area contributed by atoms with E-state index in [1.54, 1.807) is 0 Å². The van der Waals surface area contributed by atoms with Crippen molar-refractivity contribution in [2.75, 3.05) is 18.7 Å². The molecule has 0 bridgehead atoms. The number of hydrogen-bond donors (Lipinski definition) is 0. The molecule has 3 heteroatoms. The zero-order valence-corrected chi connectivity index (χ0v) is 7.20. The first-order valence-electron chi connectivity index (χ1n) is 3.88. The van der Waals surface area contributed by atoms with Crippen LogP contribution in [0.25, 0.3) is 0 Å². The Kier molecular flexibility index (Phi) is 1.66. The molecule has 12 heavy (non-hydrogen) atoms. The third-order valence-electron chi connectivity index (χ3n) is 1.92. The van der Waals surface area contributed by atoms with Crippen LogP contribution in [0.1, 0.15) is 5.56 Å². The molecule has 2 rings (SSSR count). The molecule has 0 unspecified atom stereocenters. The number of hydrogen-bond acceptors (Lipinski definition) is 3. The van der Waals surface area contributed by atoms with Crippen LogP contribution >= 0.6 is 0 Å². The fraction of sp³-hybridized carbons (Fsp3) is 0.333. The maximum absolute atomic E-state index is 5.03. The minimum Gasteiger partial charge on any atom is -0.345 e. The molecule has 64 valence electrons. The molecule has 0 amide bonds. The third kappa shape index (κ3) is 1.12. The molecule has 0 fully saturated rings. The van der Waals surface area contributed by atoms with Crippen LogP contribution in [-0.4, -0.2) is 13.8 Å². The SMILES string of the molecule is Cc1ccc2c(c1)OOCN2C. The van der Waals surface area contributed by atoms with Crippen molar-refractivity contribution in [2.24, 2.45) is 0 Å². The minimum atomic E-state index is 0.482. The predicted octanol–water partition coefficient (Wildman–Crippen LogP) is 1.71. The average Bonchev–Trinajstić information content (AvgIpc) is 2.04. The van der Waals surface area contributed by atoms with Crippen LogP contribution in [0.3, 0.4) is 0 Å². The molecular formula is C9H11NO2. The second-order valence-electron chi connectivity index (χ2n) is 3.00. The normalized spacial score (nSPS) is 15.3. The van der Waals surface area contributed by atoms with Crippen molar-refractivity contribution in [2.45, 2.75) is 6.92 Å². The van der Waals surface area contributed by atoms with E-state index in [0.29, 0.717) is 6.73 Å². The molecule has 0 aliphatic carbocycles. The minimum absolute atomic E-state index is 0.482. The first-order chi connectivity index (χ1) is 5.77. The summed E-state index contributed by atoms with van der Waals surface area (Å²) in [5.74, 6) is 0.795. The Balaban J connectivity index is 2.46. The Morgan fingerprint density at radius 2 is 2.25 bits per heavy atom. The van der Waals surface area contributed by atoms with Gasteiger partial charge in [-0.15, -0.1) is 0 Å². The van der Waals surface area contributed by atoms with E-state index in [9.17, 15) is 0 Å². The van der Waals surface area contributed by atoms with Crippen LogP contribution in [0.4, 0.5) is 5.69 Å². The zero-order valence-electron chi connectivity index (χ0n) is 7.20. The van der Waals surface area contributed by atoms with E-state index in [2.05, 4.69) is 6.07 Å². The molecular weight excluding hydrogens is 154 g/mol. The molecule has 1 aliphatic heterocycles. The van der Waals surface area contributed by atoms with E-state index in [4.69, 9.17) is 9.78 Å². The molecule has 0 radical (unpaired) electrons. The van der Waals surface area contributed by atoms with Crippen molar-refractivity contribution in [3.8, 4) is 5.75 Å². The first-order valence-corrected chi connectivity index (χ1v) is 3.88. The molecule has 1 aromatic carbocycles. The lowest BCUT2D eigenvalue weighted by atomic mass is 10.2. The summed E-state index contributed by atoms with van der Waals surface area (Å²) in [5.41, 5.74) is 2.25. The highest BCUT2D eigenvalue weighted by molar-refractivity contribution is 5.59. The van der Waals surface area contributed by atoms with Crippen LogP contribution in [0, 0.1) is 6.92 Å². The van der Waals surface area contributed by atoms with E-state index >= 15 is 0 Å². The Hall–Kier alpha value is -1.22. The summed E-state index contributed by atoms with van der Waals surface area (Å²) in [6.07, 6.45) is 0. The highest BCUT2D eigenvalue weighted by Gasteiger charge is 2.15. The van der Waals surface area contributed by atoms with Gasteiger partial charge in [-0.1, -0.05) is 6.07 Å². The van der Waals surface area contributed by atoms with Gasteiger partial charge in [-0.05, 0) is 24.6 Å². The van der Waals surface area contributed by atoms with Crippen molar-refractivity contribution in [1.29, 1.82) is 0 Å². The Labute approximate surface area is 71.4 Å². The summed E-state index contributed by atoms with van der Waals surface area (Å²) in [5, 5.41) is 0. The smallest absolute Gasteiger partial charge is 0.189 e. The fourth-order valence-electron chi connectivity index (χ4n) is 1.24. The van der Waals surface area contributed by atoms with Crippen LogP contribution in [0.2, 0.25) is 0 Å². The van der Waals surface area contributed by atoms with E-state index < -0.39 is 0 Å². The van der Waals surface area contributed by atoms with Crippen molar-refractivity contribution in [3.05, 3.63) is 23.8 Å². The largest absolute Gasteiger partial charge is 0.345 e. The predicted molar refractivity (Wildman–Crippen MR) is 46.2 cm³/mol. The van der Waals surface area contributed by atoms with Gasteiger partial charge in [0.25, 0.3) is 0 Å². The van der Waals surface area contributed by atoms with Crippen LogP contribution in [0.15, 0.2) is 18.2 Å². The number of fused-ring (bicyclic) bond motifs is 1. The number of benzene rings is 1. The molecule has 1 aromatic rings. The number of aryl methyl sites for hydroxylation is 1. The van der Waals surface area contributed by atoms with Gasteiger partial charge in [0.1, 0.15) is 0 Å². The highest BCUT2D eigenvalue weighted by atomic mass is 17.2. The maximum atomic E-state index is 5.03. The fourth-order valence-corrected chi connectivity index (χ4v) is 1.24. The second-order valence-corrected chi connectivity index (χ2v) is 3.00. The van der Waals surface area contributed by atoms with Gasteiger partial charge in [0.2, 0.25) is 0 Å². The summed E-state index contributed by atoms with van der Waals surface area (Å²) in [6.45, 7) is 2.51. The summed E-state index contributed by atoms with van der Waals surface area (Å²) < 4.78 is 0. The molecule has 0 saturated heterocycles. The van der Waals surface area contributed by atoms with Gasteiger partial charge in [-0.3, -0.25) is 0 Å². The second kappa shape index (κ2) is 2.68. The van der Waals surface area contributed by atoms with Crippen LogP contribution < -0.4 is 9.79 Å². The van der Waals surface area contributed by atoms with Crippen LogP contribution in [0.5, 0.6) is 5.75 Å². The topological polar surface area (TPSA) is 21.7 Å². The lowest BCUT2D eigenvalue weighted by molar-refractivity contribution is -0.212. The van der Waals surface area contributed by atoms with E-state index in [1.807, 2.05) is 31.0 Å². The maximum Gasteiger partial charge on any atom is 0.189 e. The van der Waals surface area contributed by atoms with Gasteiger partial charge in [0, 0.05) is 7.05 Å². The summed E-state index contributed by atoms with van der Waals surface area (Å²) in [7, 11) is 1.97. The Morgan fingerprint density at radius 3 is 3.08 bits per heavy atom. The van der Waals surface area contributed by atoms with Gasteiger partial charge >= 0.3 is 0 Å². The van der Waals surface area contributed by atoms with Crippen molar-refractivity contribution < 1.29 is 9.78 Å². The van der Waals surface area contributed by atoms with Gasteiger partial charge < -0.3 is 9.79 Å². The molecule has 1 heterocycles. The van der Waals surface area contributed by atoms with Gasteiger partial charge in [0.05, 0.1) is 5.69 Å². The molecule has 3 nitrogen and oxygen atoms in total. The summed E-state index contributed by atoms with van der Waals surface area (Å²) >= 11 is 0. The zero-order chi connectivity index (χ0) is 8.55. The molecule has 0 atom stereocenters. The third-order valence-corrected chi connectivity index (χ3v) is 1.92. The van der Waals surface area contributed by atoms with Gasteiger partial charge in [-0.25, -0.2) is 0 Å². The molecule has 1 aliphatic rings. The summed E-state index contributed by atoms with van der Waals surface area (Å²) in [6, 6.07) is 6.06. The highest BCUT2D eigenvalue weighted by Crippen LogP contribution is 2.31. The molecule has 0 saturated carbocycles. The van der Waals surface area contributed by atoms with Crippen molar-refractivity contribution >= 4 is 5.69 Å². The number of anilines is 1. The van der Waals surface area contributed by atoms with Crippen molar-refractivity contribution in [1.82, 2.24) is 0 Å². The molecule has 0 N–H and O–H groups in total. The Bertz CT molecular complexity index is 299. The monoisotopic (exact) mass is 165 g/mol. The van der Waals surface area contributed by atoms with E-state index in [-0.39, 0.29) is 0 Å². The number of nitrogens with zero attached hydrogens (tertiary/aromatic N) is 1. The summed E-state index contributed by atoms with van der Waals surface area (Å²) in [4.78, 5) is 11.9. The van der Waals surface area contributed by atoms with E-state index in [1.165, 1.54) is 5.56 Å². The first kappa shape index (κ1) is 7.43. The molecule has 0 aromatic heterocycles. The Morgan fingerprint density at radius 1 is 1.42 bits per heavy atom. The van der Waals surface area contributed by atoms with Gasteiger partial charge in [0.15, 0.2) is 12.5 Å². The van der Waals surface area contributed by atoms with Gasteiger partial charge in [-0.2, -0.15) is 4.89 Å². The molecule has 0 spiro atoms. The van der Waals surface area contributed by atoms with Crippen molar-refractivity contribution in [3.63, 3.8) is 0 Å². The number of rotatable bonds is 0. The quantitative estimate of drug-likeness (QED) is 0.546.